The number of nitro benzene ring substituents is 1. The van der Waals surface area contributed by atoms with E-state index < -0.39 is 25.5 Å². The summed E-state index contributed by atoms with van der Waals surface area (Å²) in [5, 5.41) is 25.5. The van der Waals surface area contributed by atoms with Crippen molar-refractivity contribution in [2.45, 2.75) is 4.90 Å². The fourth-order valence-electron chi connectivity index (χ4n) is 2.60. The summed E-state index contributed by atoms with van der Waals surface area (Å²) in [6.45, 7) is 0. The number of halogens is 1. The molecule has 0 saturated heterocycles. The van der Waals surface area contributed by atoms with Crippen LogP contribution < -0.4 is 14.9 Å². The highest BCUT2D eigenvalue weighted by molar-refractivity contribution is 7.92. The molecule has 3 aromatic rings. The van der Waals surface area contributed by atoms with Crippen LogP contribution in [0.5, 0.6) is 11.5 Å². The molecule has 0 spiro atoms. The molecule has 3 rings (SSSR count). The minimum Gasteiger partial charge on any atom is -0.507 e. The first kappa shape index (κ1) is 22.8. The zero-order valence-corrected chi connectivity index (χ0v) is 18.1. The molecule has 3 aromatic carbocycles. The van der Waals surface area contributed by atoms with E-state index in [2.05, 4.69) is 15.2 Å². The zero-order valence-electron chi connectivity index (χ0n) is 16.5. The van der Waals surface area contributed by atoms with Crippen LogP contribution in [0.15, 0.2) is 70.7 Å². The molecule has 0 aliphatic carbocycles. The van der Waals surface area contributed by atoms with E-state index in [1.54, 1.807) is 6.07 Å². The molecule has 0 aromatic heterocycles. The molecule has 32 heavy (non-hydrogen) atoms. The Hall–Kier alpha value is -3.83. The van der Waals surface area contributed by atoms with Crippen molar-refractivity contribution >= 4 is 44.9 Å². The van der Waals surface area contributed by atoms with Gasteiger partial charge in [0.1, 0.15) is 16.4 Å². The molecule has 0 aliphatic rings. The van der Waals surface area contributed by atoms with E-state index in [0.29, 0.717) is 16.3 Å². The number of hydrogen-bond donors (Lipinski definition) is 3. The maximum absolute atomic E-state index is 12.9. The number of phenolic OH excluding ortho intramolecular Hbond substituents is 1. The average molecular weight is 477 g/mol. The Bertz CT molecular complexity index is 1280. The summed E-state index contributed by atoms with van der Waals surface area (Å²) in [4.78, 5) is 10.1. The third-order valence-corrected chi connectivity index (χ3v) is 5.86. The molecule has 0 heterocycles. The lowest BCUT2D eigenvalue weighted by molar-refractivity contribution is -0.385. The topological polar surface area (TPSA) is 143 Å². The Morgan fingerprint density at radius 3 is 2.50 bits per heavy atom. The molecule has 0 aliphatic heterocycles. The number of nitrogens with zero attached hydrogens (tertiary/aromatic N) is 2. The minimum atomic E-state index is -4.23. The summed E-state index contributed by atoms with van der Waals surface area (Å²) in [6.07, 6.45) is 1.25. The zero-order chi connectivity index (χ0) is 23.3. The van der Waals surface area contributed by atoms with Gasteiger partial charge < -0.3 is 9.84 Å². The number of ether oxygens (including phenoxy) is 1. The Morgan fingerprint density at radius 1 is 1.12 bits per heavy atom. The summed E-state index contributed by atoms with van der Waals surface area (Å²) in [7, 11) is -2.76. The number of phenols is 1. The first-order chi connectivity index (χ1) is 15.2. The molecular formula is C20H17ClN4O6S. The highest BCUT2D eigenvalue weighted by atomic mass is 35.5. The number of non-ortho nitro benzene ring substituents is 1. The van der Waals surface area contributed by atoms with Crippen LogP contribution in [0.2, 0.25) is 5.02 Å². The van der Waals surface area contributed by atoms with Crippen molar-refractivity contribution in [1.82, 2.24) is 0 Å². The Kier molecular flexibility index (Phi) is 6.81. The fourth-order valence-corrected chi connectivity index (χ4v) is 3.96. The number of benzene rings is 3. The van der Waals surface area contributed by atoms with Gasteiger partial charge in [-0.1, -0.05) is 11.6 Å². The van der Waals surface area contributed by atoms with Crippen molar-refractivity contribution in [3.63, 3.8) is 0 Å². The lowest BCUT2D eigenvalue weighted by Gasteiger charge is -2.12. The van der Waals surface area contributed by atoms with Gasteiger partial charge in [-0.15, -0.1) is 0 Å². The maximum Gasteiger partial charge on any atom is 0.270 e. The monoisotopic (exact) mass is 476 g/mol. The summed E-state index contributed by atoms with van der Waals surface area (Å²) in [5.74, 6) is 0.410. The van der Waals surface area contributed by atoms with Crippen molar-refractivity contribution in [1.29, 1.82) is 0 Å². The highest BCUT2D eigenvalue weighted by Crippen LogP contribution is 2.29. The Morgan fingerprint density at radius 2 is 1.84 bits per heavy atom. The van der Waals surface area contributed by atoms with E-state index in [1.807, 2.05) is 0 Å². The molecule has 0 amide bonds. The fraction of sp³-hybridized carbons (Fsp3) is 0.0500. The van der Waals surface area contributed by atoms with Gasteiger partial charge in [0.15, 0.2) is 0 Å². The second-order valence-corrected chi connectivity index (χ2v) is 8.43. The minimum absolute atomic E-state index is 0.0179. The van der Waals surface area contributed by atoms with Crippen molar-refractivity contribution in [2.24, 2.45) is 5.10 Å². The molecule has 0 saturated carbocycles. The summed E-state index contributed by atoms with van der Waals surface area (Å²) in [6, 6.07) is 13.7. The lowest BCUT2D eigenvalue weighted by atomic mass is 10.2. The molecule has 0 radical (unpaired) electrons. The molecule has 3 N–H and O–H groups in total. The first-order valence-electron chi connectivity index (χ1n) is 8.92. The summed E-state index contributed by atoms with van der Waals surface area (Å²) < 4.78 is 33.3. The van der Waals surface area contributed by atoms with E-state index >= 15 is 0 Å². The second-order valence-electron chi connectivity index (χ2n) is 6.34. The number of hydrazone groups is 1. The van der Waals surface area contributed by atoms with Crippen molar-refractivity contribution < 1.29 is 23.2 Å². The SMILES string of the molecule is COc1ccc(O)c(C=NNc2ccc([N+](=O)[O-])cc2S(=O)(=O)Nc2ccc(Cl)cc2)c1. The molecule has 0 fully saturated rings. The van der Waals surface area contributed by atoms with Crippen LogP contribution >= 0.6 is 11.6 Å². The van der Waals surface area contributed by atoms with Crippen LogP contribution in [0.1, 0.15) is 5.56 Å². The molecule has 0 atom stereocenters. The van der Waals surface area contributed by atoms with Gasteiger partial charge in [-0.3, -0.25) is 20.3 Å². The van der Waals surface area contributed by atoms with E-state index in [-0.39, 0.29) is 17.1 Å². The largest absolute Gasteiger partial charge is 0.507 e. The first-order valence-corrected chi connectivity index (χ1v) is 10.8. The Balaban J connectivity index is 1.94. The van der Waals surface area contributed by atoms with Gasteiger partial charge in [-0.25, -0.2) is 8.42 Å². The van der Waals surface area contributed by atoms with Gasteiger partial charge in [0, 0.05) is 28.4 Å². The predicted molar refractivity (Wildman–Crippen MR) is 121 cm³/mol. The predicted octanol–water partition coefficient (Wildman–Crippen LogP) is 4.21. The third-order valence-electron chi connectivity index (χ3n) is 4.19. The van der Waals surface area contributed by atoms with Crippen molar-refractivity contribution in [3.05, 3.63) is 81.4 Å². The van der Waals surface area contributed by atoms with Crippen molar-refractivity contribution in [2.75, 3.05) is 17.3 Å². The van der Waals surface area contributed by atoms with E-state index in [0.717, 1.165) is 12.1 Å². The standard InChI is InChI=1S/C20H17ClN4O6S/c1-31-17-7-9-19(26)13(10-17)12-22-23-18-8-6-16(25(27)28)11-20(18)32(29,30)24-15-4-2-14(21)3-5-15/h2-12,23-24,26H,1H3. The third kappa shape index (κ3) is 5.45. The number of methoxy groups -OCH3 is 1. The molecule has 0 bridgehead atoms. The maximum atomic E-state index is 12.9. The molecule has 166 valence electrons. The van der Waals surface area contributed by atoms with Crippen molar-refractivity contribution in [3.8, 4) is 11.5 Å². The molecule has 10 nitrogen and oxygen atoms in total. The van der Waals surface area contributed by atoms with Gasteiger partial charge in [-0.05, 0) is 48.5 Å². The molecular weight excluding hydrogens is 460 g/mol. The lowest BCUT2D eigenvalue weighted by Crippen LogP contribution is -2.15. The highest BCUT2D eigenvalue weighted by Gasteiger charge is 2.22. The van der Waals surface area contributed by atoms with Gasteiger partial charge >= 0.3 is 0 Å². The van der Waals surface area contributed by atoms with Gasteiger partial charge in [-0.2, -0.15) is 5.10 Å². The van der Waals surface area contributed by atoms with Crippen LogP contribution in [0.4, 0.5) is 17.1 Å². The molecule has 12 heteroatoms. The number of nitrogens with one attached hydrogen (secondary N) is 2. The number of rotatable bonds is 8. The van der Waals surface area contributed by atoms with Crippen LogP contribution in [-0.2, 0) is 10.0 Å². The van der Waals surface area contributed by atoms with Gasteiger partial charge in [0.05, 0.1) is 23.9 Å². The average Bonchev–Trinajstić information content (AvgIpc) is 2.76. The van der Waals surface area contributed by atoms with Crippen LogP contribution in [0, 0.1) is 10.1 Å². The van der Waals surface area contributed by atoms with E-state index in [1.165, 1.54) is 55.8 Å². The number of hydrogen-bond acceptors (Lipinski definition) is 8. The van der Waals surface area contributed by atoms with Crippen LogP contribution in [0.3, 0.4) is 0 Å². The van der Waals surface area contributed by atoms with Crippen LogP contribution in [0.25, 0.3) is 0 Å². The second kappa shape index (κ2) is 9.54. The quantitative estimate of drug-likeness (QED) is 0.251. The number of sulfonamides is 1. The number of anilines is 2. The van der Waals surface area contributed by atoms with E-state index in [4.69, 9.17) is 16.3 Å². The van der Waals surface area contributed by atoms with Gasteiger partial charge in [0.25, 0.3) is 15.7 Å². The normalized spacial score (nSPS) is 11.3. The van der Waals surface area contributed by atoms with Crippen LogP contribution in [-0.4, -0.2) is 31.8 Å². The van der Waals surface area contributed by atoms with E-state index in [9.17, 15) is 23.6 Å². The Labute approximate surface area is 188 Å². The summed E-state index contributed by atoms with van der Waals surface area (Å²) in [5.41, 5.74) is 2.64. The van der Waals surface area contributed by atoms with Gasteiger partial charge in [0.2, 0.25) is 0 Å². The number of nitro groups is 1. The summed E-state index contributed by atoms with van der Waals surface area (Å²) >= 11 is 5.81. The molecule has 0 unspecified atom stereocenters. The smallest absolute Gasteiger partial charge is 0.270 e. The number of aromatic hydroxyl groups is 1.